The number of carbonyl (C=O) groups is 2. The standard InChI is InChI=1S/C15H13Cl3N2O4/c1-6-12(7(2)24-20-6)15(22)23-8(3)14(21)19-13-10(17)4-9(16)5-11(13)18/h4-5,8H,1-3H3,(H,19,21)/t8-/m0/s1. The van der Waals surface area contributed by atoms with Crippen LogP contribution >= 0.6 is 34.8 Å². The minimum atomic E-state index is -1.09. The van der Waals surface area contributed by atoms with Gasteiger partial charge in [0.15, 0.2) is 6.10 Å². The van der Waals surface area contributed by atoms with Crippen molar-refractivity contribution in [1.29, 1.82) is 0 Å². The van der Waals surface area contributed by atoms with Gasteiger partial charge < -0.3 is 14.6 Å². The summed E-state index contributed by atoms with van der Waals surface area (Å²) < 4.78 is 10.0. The predicted octanol–water partition coefficient (Wildman–Crippen LogP) is 4.44. The maximum absolute atomic E-state index is 12.2. The summed E-state index contributed by atoms with van der Waals surface area (Å²) in [5.41, 5.74) is 0.763. The number of amides is 1. The van der Waals surface area contributed by atoms with E-state index in [-0.39, 0.29) is 21.3 Å². The van der Waals surface area contributed by atoms with Crippen molar-refractivity contribution in [2.45, 2.75) is 26.9 Å². The highest BCUT2D eigenvalue weighted by Crippen LogP contribution is 2.33. The zero-order valence-electron chi connectivity index (χ0n) is 12.9. The third-order valence-corrected chi connectivity index (χ3v) is 3.96. The summed E-state index contributed by atoms with van der Waals surface area (Å²) in [6.45, 7) is 4.60. The quantitative estimate of drug-likeness (QED) is 0.779. The first kappa shape index (κ1) is 18.6. The Morgan fingerprint density at radius 1 is 1.21 bits per heavy atom. The number of nitrogens with one attached hydrogen (secondary N) is 1. The fourth-order valence-corrected chi connectivity index (χ4v) is 2.85. The van der Waals surface area contributed by atoms with Crippen molar-refractivity contribution in [2.75, 3.05) is 5.32 Å². The normalized spacial score (nSPS) is 11.9. The van der Waals surface area contributed by atoms with Crippen LogP contribution in [0, 0.1) is 13.8 Å². The number of anilines is 1. The van der Waals surface area contributed by atoms with Crippen molar-refractivity contribution in [3.63, 3.8) is 0 Å². The van der Waals surface area contributed by atoms with Gasteiger partial charge in [-0.25, -0.2) is 4.79 Å². The highest BCUT2D eigenvalue weighted by molar-refractivity contribution is 6.42. The second-order valence-electron chi connectivity index (χ2n) is 4.98. The summed E-state index contributed by atoms with van der Waals surface area (Å²) in [6.07, 6.45) is -1.09. The molecule has 1 heterocycles. The van der Waals surface area contributed by atoms with E-state index in [1.165, 1.54) is 19.1 Å². The molecule has 6 nitrogen and oxygen atoms in total. The number of aryl methyl sites for hydroxylation is 2. The van der Waals surface area contributed by atoms with E-state index < -0.39 is 18.0 Å². The van der Waals surface area contributed by atoms with Gasteiger partial charge in [-0.3, -0.25) is 4.79 Å². The molecule has 0 saturated carbocycles. The molecule has 0 aliphatic heterocycles. The molecule has 1 N–H and O–H groups in total. The second kappa shape index (κ2) is 7.42. The van der Waals surface area contributed by atoms with Crippen molar-refractivity contribution < 1.29 is 18.8 Å². The van der Waals surface area contributed by atoms with Crippen molar-refractivity contribution >= 4 is 52.4 Å². The van der Waals surface area contributed by atoms with E-state index in [1.807, 2.05) is 0 Å². The van der Waals surface area contributed by atoms with Crippen LogP contribution in [0.25, 0.3) is 0 Å². The molecule has 1 aromatic heterocycles. The Balaban J connectivity index is 2.09. The number of nitrogens with zero attached hydrogens (tertiary/aromatic N) is 1. The Morgan fingerprint density at radius 3 is 2.29 bits per heavy atom. The van der Waals surface area contributed by atoms with E-state index >= 15 is 0 Å². The lowest BCUT2D eigenvalue weighted by atomic mass is 10.2. The van der Waals surface area contributed by atoms with E-state index in [9.17, 15) is 9.59 Å². The lowest BCUT2D eigenvalue weighted by molar-refractivity contribution is -0.123. The number of hydrogen-bond acceptors (Lipinski definition) is 5. The van der Waals surface area contributed by atoms with Crippen LogP contribution in [0.5, 0.6) is 0 Å². The molecule has 0 bridgehead atoms. The second-order valence-corrected chi connectivity index (χ2v) is 6.23. The highest BCUT2D eigenvalue weighted by Gasteiger charge is 2.25. The molecule has 24 heavy (non-hydrogen) atoms. The Kier molecular flexibility index (Phi) is 5.74. The zero-order valence-corrected chi connectivity index (χ0v) is 15.2. The summed E-state index contributed by atoms with van der Waals surface area (Å²) in [6, 6.07) is 2.87. The Bertz CT molecular complexity index is 762. The monoisotopic (exact) mass is 390 g/mol. The average Bonchev–Trinajstić information content (AvgIpc) is 2.81. The number of carbonyl (C=O) groups excluding carboxylic acids is 2. The molecule has 0 saturated heterocycles. The van der Waals surface area contributed by atoms with Gasteiger partial charge in [0, 0.05) is 5.02 Å². The largest absolute Gasteiger partial charge is 0.449 e. The smallest absolute Gasteiger partial charge is 0.344 e. The molecular formula is C15H13Cl3N2O4. The number of aromatic nitrogens is 1. The molecule has 0 fully saturated rings. The molecule has 0 radical (unpaired) electrons. The summed E-state index contributed by atoms with van der Waals surface area (Å²) in [5.74, 6) is -0.989. The van der Waals surface area contributed by atoms with Crippen LogP contribution in [0.1, 0.15) is 28.7 Å². The molecule has 2 rings (SSSR count). The minimum Gasteiger partial charge on any atom is -0.449 e. The predicted molar refractivity (Wildman–Crippen MR) is 91.0 cm³/mol. The molecule has 9 heteroatoms. The Labute approximate surface area is 153 Å². The third kappa shape index (κ3) is 4.01. The zero-order chi connectivity index (χ0) is 18.0. The first-order chi connectivity index (χ1) is 11.2. The lowest BCUT2D eigenvalue weighted by Gasteiger charge is -2.15. The lowest BCUT2D eigenvalue weighted by Crippen LogP contribution is -2.30. The fourth-order valence-electron chi connectivity index (χ4n) is 1.93. The Morgan fingerprint density at radius 2 is 1.79 bits per heavy atom. The number of esters is 1. The molecular weight excluding hydrogens is 379 g/mol. The van der Waals surface area contributed by atoms with Crippen molar-refractivity contribution in [3.05, 3.63) is 44.2 Å². The third-order valence-electron chi connectivity index (χ3n) is 3.15. The van der Waals surface area contributed by atoms with Crippen LogP contribution in [0.4, 0.5) is 5.69 Å². The fraction of sp³-hybridized carbons (Fsp3) is 0.267. The van der Waals surface area contributed by atoms with Crippen LogP contribution in [-0.2, 0) is 9.53 Å². The van der Waals surface area contributed by atoms with E-state index in [0.29, 0.717) is 16.5 Å². The molecule has 2 aromatic rings. The minimum absolute atomic E-state index is 0.171. The highest BCUT2D eigenvalue weighted by atomic mass is 35.5. The van der Waals surface area contributed by atoms with Crippen molar-refractivity contribution in [2.24, 2.45) is 0 Å². The summed E-state index contributed by atoms with van der Waals surface area (Å²) in [5, 5.41) is 6.85. The van der Waals surface area contributed by atoms with E-state index in [4.69, 9.17) is 44.1 Å². The first-order valence-corrected chi connectivity index (χ1v) is 7.93. The van der Waals surface area contributed by atoms with Gasteiger partial charge >= 0.3 is 5.97 Å². The maximum Gasteiger partial charge on any atom is 0.344 e. The van der Waals surface area contributed by atoms with E-state index in [0.717, 1.165) is 0 Å². The van der Waals surface area contributed by atoms with E-state index in [2.05, 4.69) is 10.5 Å². The van der Waals surface area contributed by atoms with Gasteiger partial charge in [-0.15, -0.1) is 0 Å². The molecule has 128 valence electrons. The topological polar surface area (TPSA) is 81.4 Å². The van der Waals surface area contributed by atoms with Gasteiger partial charge in [-0.05, 0) is 32.9 Å². The van der Waals surface area contributed by atoms with Gasteiger partial charge in [0.25, 0.3) is 5.91 Å². The number of halogens is 3. The number of ether oxygens (including phenoxy) is 1. The van der Waals surface area contributed by atoms with Gasteiger partial charge in [0.05, 0.1) is 21.4 Å². The first-order valence-electron chi connectivity index (χ1n) is 6.80. The van der Waals surface area contributed by atoms with Crippen LogP contribution in [0.15, 0.2) is 16.7 Å². The van der Waals surface area contributed by atoms with Crippen LogP contribution in [-0.4, -0.2) is 23.1 Å². The molecule has 1 aromatic carbocycles. The molecule has 0 unspecified atom stereocenters. The molecule has 1 atom stereocenters. The number of benzene rings is 1. The van der Waals surface area contributed by atoms with Gasteiger partial charge in [0.2, 0.25) is 0 Å². The summed E-state index contributed by atoms with van der Waals surface area (Å²) in [4.78, 5) is 24.3. The molecule has 1 amide bonds. The average molecular weight is 392 g/mol. The summed E-state index contributed by atoms with van der Waals surface area (Å²) in [7, 11) is 0. The SMILES string of the molecule is Cc1noc(C)c1C(=O)O[C@@H](C)C(=O)Nc1c(Cl)cc(Cl)cc1Cl. The van der Waals surface area contributed by atoms with Crippen LogP contribution < -0.4 is 5.32 Å². The van der Waals surface area contributed by atoms with Crippen molar-refractivity contribution in [1.82, 2.24) is 5.16 Å². The maximum atomic E-state index is 12.2. The summed E-state index contributed by atoms with van der Waals surface area (Å²) >= 11 is 17.8. The number of rotatable bonds is 4. The molecule has 0 spiro atoms. The Hall–Kier alpha value is -1.76. The van der Waals surface area contributed by atoms with Gasteiger partial charge in [-0.2, -0.15) is 0 Å². The van der Waals surface area contributed by atoms with Gasteiger partial charge in [-0.1, -0.05) is 40.0 Å². The van der Waals surface area contributed by atoms with Gasteiger partial charge in [0.1, 0.15) is 11.3 Å². The van der Waals surface area contributed by atoms with Crippen LogP contribution in [0.3, 0.4) is 0 Å². The van der Waals surface area contributed by atoms with Crippen LogP contribution in [0.2, 0.25) is 15.1 Å². The van der Waals surface area contributed by atoms with Crippen molar-refractivity contribution in [3.8, 4) is 0 Å². The van der Waals surface area contributed by atoms with E-state index in [1.54, 1.807) is 13.8 Å². The number of hydrogen-bond donors (Lipinski definition) is 1. The molecule has 0 aliphatic carbocycles. The molecule has 0 aliphatic rings.